The fraction of sp³-hybridized carbons (Fsp3) is 0.350. The molecule has 0 spiro atoms. The molecule has 0 radical (unpaired) electrons. The van der Waals surface area contributed by atoms with Gasteiger partial charge in [0.25, 0.3) is 0 Å². The van der Waals surface area contributed by atoms with E-state index < -0.39 is 0 Å². The number of hydrogen-bond acceptors (Lipinski definition) is 1. The van der Waals surface area contributed by atoms with Gasteiger partial charge in [-0.3, -0.25) is 4.79 Å². The van der Waals surface area contributed by atoms with Gasteiger partial charge in [0, 0.05) is 17.6 Å². The van der Waals surface area contributed by atoms with E-state index in [2.05, 4.69) is 46.3 Å². The van der Waals surface area contributed by atoms with Crippen LogP contribution in [0, 0.1) is 5.92 Å². The Labute approximate surface area is 146 Å². The molecule has 3 heteroatoms. The zero-order valence-electron chi connectivity index (χ0n) is 13.2. The third-order valence-electron chi connectivity index (χ3n) is 4.63. The molecule has 1 amide bonds. The number of nitrogens with zero attached hydrogens (tertiary/aromatic N) is 1. The Balaban J connectivity index is 1.50. The number of likely N-dealkylation sites (tertiary alicyclic amines) is 1. The molecule has 1 saturated heterocycles. The number of carbonyl (C=O) groups is 1. The van der Waals surface area contributed by atoms with Crippen LogP contribution in [0.3, 0.4) is 0 Å². The molecule has 23 heavy (non-hydrogen) atoms. The number of piperidine rings is 1. The van der Waals surface area contributed by atoms with Crippen molar-refractivity contribution in [3.8, 4) is 0 Å². The van der Waals surface area contributed by atoms with E-state index in [4.69, 9.17) is 0 Å². The topological polar surface area (TPSA) is 20.3 Å². The molecule has 0 unspecified atom stereocenters. The normalized spacial score (nSPS) is 15.6. The van der Waals surface area contributed by atoms with E-state index in [1.165, 1.54) is 5.56 Å². The minimum absolute atomic E-state index is 0.245. The van der Waals surface area contributed by atoms with Gasteiger partial charge in [-0.2, -0.15) is 0 Å². The van der Waals surface area contributed by atoms with Crippen LogP contribution in [0.4, 0.5) is 0 Å². The molecule has 3 rings (SSSR count). The molecule has 1 heterocycles. The molecular formula is C20H22BrNO. The zero-order valence-corrected chi connectivity index (χ0v) is 14.8. The Kier molecular flexibility index (Phi) is 5.50. The van der Waals surface area contributed by atoms with Crippen molar-refractivity contribution in [3.63, 3.8) is 0 Å². The van der Waals surface area contributed by atoms with Crippen LogP contribution in [0.5, 0.6) is 0 Å². The molecule has 1 fully saturated rings. The Morgan fingerprint density at radius 2 is 1.65 bits per heavy atom. The SMILES string of the molecule is O=C(Cc1ccccc1Br)N1CCC(Cc2ccccc2)CC1. The highest BCUT2D eigenvalue weighted by Crippen LogP contribution is 2.23. The van der Waals surface area contributed by atoms with Crippen LogP contribution in [0.1, 0.15) is 24.0 Å². The van der Waals surface area contributed by atoms with Crippen molar-refractivity contribution in [2.75, 3.05) is 13.1 Å². The van der Waals surface area contributed by atoms with Gasteiger partial charge in [0.2, 0.25) is 5.91 Å². The first-order chi connectivity index (χ1) is 11.2. The summed E-state index contributed by atoms with van der Waals surface area (Å²) in [7, 11) is 0. The Morgan fingerprint density at radius 1 is 1.00 bits per heavy atom. The van der Waals surface area contributed by atoms with E-state index in [9.17, 15) is 4.79 Å². The number of rotatable bonds is 4. The molecular weight excluding hydrogens is 350 g/mol. The van der Waals surface area contributed by atoms with Crippen LogP contribution >= 0.6 is 15.9 Å². The summed E-state index contributed by atoms with van der Waals surface area (Å²) in [5.74, 6) is 0.944. The van der Waals surface area contributed by atoms with Crippen molar-refractivity contribution in [3.05, 3.63) is 70.2 Å². The highest BCUT2D eigenvalue weighted by molar-refractivity contribution is 9.10. The summed E-state index contributed by atoms with van der Waals surface area (Å²) in [5.41, 5.74) is 2.48. The van der Waals surface area contributed by atoms with Gasteiger partial charge in [0.05, 0.1) is 6.42 Å². The lowest BCUT2D eigenvalue weighted by molar-refractivity contribution is -0.131. The number of benzene rings is 2. The molecule has 2 aromatic carbocycles. The fourth-order valence-corrected chi connectivity index (χ4v) is 3.68. The maximum atomic E-state index is 12.5. The zero-order chi connectivity index (χ0) is 16.1. The summed E-state index contributed by atoms with van der Waals surface area (Å²) >= 11 is 3.52. The van der Waals surface area contributed by atoms with Gasteiger partial charge in [-0.05, 0) is 42.4 Å². The predicted molar refractivity (Wildman–Crippen MR) is 97.3 cm³/mol. The summed E-state index contributed by atoms with van der Waals surface area (Å²) < 4.78 is 1.02. The van der Waals surface area contributed by atoms with Crippen molar-refractivity contribution in [1.29, 1.82) is 0 Å². The van der Waals surface area contributed by atoms with E-state index in [1.807, 2.05) is 29.2 Å². The second kappa shape index (κ2) is 7.78. The Morgan fingerprint density at radius 3 is 2.35 bits per heavy atom. The first-order valence-electron chi connectivity index (χ1n) is 8.27. The second-order valence-electron chi connectivity index (χ2n) is 6.28. The van der Waals surface area contributed by atoms with Gasteiger partial charge in [-0.15, -0.1) is 0 Å². The molecule has 0 aromatic heterocycles. The molecule has 120 valence electrons. The first-order valence-corrected chi connectivity index (χ1v) is 9.07. The number of amides is 1. The van der Waals surface area contributed by atoms with E-state index in [0.29, 0.717) is 12.3 Å². The largest absolute Gasteiger partial charge is 0.342 e. The van der Waals surface area contributed by atoms with Crippen molar-refractivity contribution in [2.45, 2.75) is 25.7 Å². The third kappa shape index (κ3) is 4.44. The van der Waals surface area contributed by atoms with Gasteiger partial charge in [0.1, 0.15) is 0 Å². The molecule has 0 atom stereocenters. The van der Waals surface area contributed by atoms with Gasteiger partial charge in [-0.1, -0.05) is 64.5 Å². The van der Waals surface area contributed by atoms with Crippen molar-refractivity contribution in [2.24, 2.45) is 5.92 Å². The van der Waals surface area contributed by atoms with Crippen LogP contribution in [0.2, 0.25) is 0 Å². The van der Waals surface area contributed by atoms with E-state index >= 15 is 0 Å². The molecule has 0 saturated carbocycles. The van der Waals surface area contributed by atoms with Gasteiger partial charge in [-0.25, -0.2) is 0 Å². The maximum Gasteiger partial charge on any atom is 0.227 e. The lowest BCUT2D eigenvalue weighted by Crippen LogP contribution is -2.39. The summed E-state index contributed by atoms with van der Waals surface area (Å²) in [6.45, 7) is 1.78. The van der Waals surface area contributed by atoms with Crippen LogP contribution in [0.15, 0.2) is 59.1 Å². The van der Waals surface area contributed by atoms with Gasteiger partial charge < -0.3 is 4.90 Å². The fourth-order valence-electron chi connectivity index (χ4n) is 3.25. The predicted octanol–water partition coefficient (Wildman–Crippen LogP) is 4.47. The van der Waals surface area contributed by atoms with Crippen LogP contribution in [-0.4, -0.2) is 23.9 Å². The molecule has 0 N–H and O–H groups in total. The summed E-state index contributed by atoms with van der Waals surface area (Å²) in [4.78, 5) is 14.5. The monoisotopic (exact) mass is 371 g/mol. The molecule has 1 aliphatic rings. The number of hydrogen-bond donors (Lipinski definition) is 0. The van der Waals surface area contributed by atoms with Crippen LogP contribution in [0.25, 0.3) is 0 Å². The molecule has 0 aliphatic carbocycles. The minimum atomic E-state index is 0.245. The number of halogens is 1. The molecule has 0 bridgehead atoms. The van der Waals surface area contributed by atoms with Crippen molar-refractivity contribution >= 4 is 21.8 Å². The van der Waals surface area contributed by atoms with E-state index in [-0.39, 0.29) is 5.91 Å². The molecule has 1 aliphatic heterocycles. The highest BCUT2D eigenvalue weighted by Gasteiger charge is 2.23. The third-order valence-corrected chi connectivity index (χ3v) is 5.41. The van der Waals surface area contributed by atoms with Crippen LogP contribution in [-0.2, 0) is 17.6 Å². The first kappa shape index (κ1) is 16.3. The summed E-state index contributed by atoms with van der Waals surface area (Å²) in [6, 6.07) is 18.6. The smallest absolute Gasteiger partial charge is 0.227 e. The Hall–Kier alpha value is -1.61. The van der Waals surface area contributed by atoms with Crippen LogP contribution < -0.4 is 0 Å². The van der Waals surface area contributed by atoms with Gasteiger partial charge >= 0.3 is 0 Å². The molecule has 2 aromatic rings. The average molecular weight is 372 g/mol. The quantitative estimate of drug-likeness (QED) is 0.775. The number of carbonyl (C=O) groups excluding carboxylic acids is 1. The molecule has 2 nitrogen and oxygen atoms in total. The highest BCUT2D eigenvalue weighted by atomic mass is 79.9. The average Bonchev–Trinajstić information content (AvgIpc) is 2.58. The van der Waals surface area contributed by atoms with E-state index in [0.717, 1.165) is 42.4 Å². The minimum Gasteiger partial charge on any atom is -0.342 e. The van der Waals surface area contributed by atoms with Gasteiger partial charge in [0.15, 0.2) is 0 Å². The standard InChI is InChI=1S/C20H22BrNO/c21-19-9-5-4-8-18(19)15-20(23)22-12-10-17(11-13-22)14-16-6-2-1-3-7-16/h1-9,17H,10-15H2. The van der Waals surface area contributed by atoms with E-state index in [1.54, 1.807) is 0 Å². The maximum absolute atomic E-state index is 12.5. The van der Waals surface area contributed by atoms with Crippen molar-refractivity contribution < 1.29 is 4.79 Å². The lowest BCUT2D eigenvalue weighted by atomic mass is 9.90. The summed E-state index contributed by atoms with van der Waals surface area (Å²) in [6.07, 6.45) is 3.84. The second-order valence-corrected chi connectivity index (χ2v) is 7.14. The lowest BCUT2D eigenvalue weighted by Gasteiger charge is -2.32. The van der Waals surface area contributed by atoms with Crippen molar-refractivity contribution in [1.82, 2.24) is 4.90 Å². The Bertz CT molecular complexity index is 648. The summed E-state index contributed by atoms with van der Waals surface area (Å²) in [5, 5.41) is 0.